The van der Waals surface area contributed by atoms with Gasteiger partial charge in [0.25, 0.3) is 5.91 Å². The summed E-state index contributed by atoms with van der Waals surface area (Å²) in [6, 6.07) is 9.69. The van der Waals surface area contributed by atoms with E-state index in [2.05, 4.69) is 16.4 Å². The van der Waals surface area contributed by atoms with Crippen molar-refractivity contribution < 1.29 is 4.79 Å². The number of benzene rings is 1. The molecule has 1 aromatic carbocycles. The van der Waals surface area contributed by atoms with Gasteiger partial charge in [0.1, 0.15) is 5.82 Å². The lowest BCUT2D eigenvalue weighted by atomic mass is 10.1. The van der Waals surface area contributed by atoms with Gasteiger partial charge in [0.05, 0.1) is 5.56 Å². The topological polar surface area (TPSA) is 45.2 Å². The third-order valence-corrected chi connectivity index (χ3v) is 3.28. The highest BCUT2D eigenvalue weighted by Gasteiger charge is 2.17. The van der Waals surface area contributed by atoms with Crippen molar-refractivity contribution in [2.24, 2.45) is 0 Å². The second-order valence-electron chi connectivity index (χ2n) is 5.14. The van der Waals surface area contributed by atoms with E-state index < -0.39 is 0 Å². The Balaban J connectivity index is 2.35. The van der Waals surface area contributed by atoms with Crippen LogP contribution >= 0.6 is 0 Å². The number of hydrogen-bond acceptors (Lipinski definition) is 3. The minimum atomic E-state index is -0.0657. The van der Waals surface area contributed by atoms with Crippen LogP contribution in [0, 0.1) is 13.8 Å². The van der Waals surface area contributed by atoms with Gasteiger partial charge in [-0.05, 0) is 56.2 Å². The Labute approximate surface area is 125 Å². The summed E-state index contributed by atoms with van der Waals surface area (Å²) in [6.45, 7) is 6.77. The van der Waals surface area contributed by atoms with Crippen LogP contribution < -0.4 is 10.2 Å². The first-order chi connectivity index (χ1) is 10.0. The summed E-state index contributed by atoms with van der Waals surface area (Å²) < 4.78 is 0. The molecule has 0 unspecified atom stereocenters. The largest absolute Gasteiger partial charge is 0.370 e. The van der Waals surface area contributed by atoms with Crippen LogP contribution in [0.25, 0.3) is 0 Å². The van der Waals surface area contributed by atoms with E-state index in [0.717, 1.165) is 23.4 Å². The Morgan fingerprint density at radius 2 is 1.90 bits per heavy atom. The lowest BCUT2D eigenvalue weighted by Crippen LogP contribution is -2.27. The number of anilines is 2. The van der Waals surface area contributed by atoms with E-state index in [4.69, 9.17) is 0 Å². The molecule has 0 aliphatic carbocycles. The summed E-state index contributed by atoms with van der Waals surface area (Å²) in [5.41, 5.74) is 3.76. The van der Waals surface area contributed by atoms with E-state index in [1.807, 2.05) is 32.9 Å². The van der Waals surface area contributed by atoms with Gasteiger partial charge >= 0.3 is 0 Å². The normalized spacial score (nSPS) is 10.3. The number of carbonyl (C=O) groups is 1. The van der Waals surface area contributed by atoms with Crippen molar-refractivity contribution in [1.82, 2.24) is 4.98 Å². The smallest absolute Gasteiger partial charge is 0.261 e. The van der Waals surface area contributed by atoms with Crippen molar-refractivity contribution >= 4 is 17.4 Å². The van der Waals surface area contributed by atoms with Crippen molar-refractivity contribution in [3.05, 3.63) is 53.2 Å². The molecular formula is C17H21N3O. The summed E-state index contributed by atoms with van der Waals surface area (Å²) >= 11 is 0. The Bertz CT molecular complexity index is 632. The summed E-state index contributed by atoms with van der Waals surface area (Å²) in [7, 11) is 1.79. The molecule has 4 heteroatoms. The van der Waals surface area contributed by atoms with Crippen molar-refractivity contribution in [3.63, 3.8) is 0 Å². The van der Waals surface area contributed by atoms with Gasteiger partial charge in [0.15, 0.2) is 0 Å². The summed E-state index contributed by atoms with van der Waals surface area (Å²) in [5.74, 6) is 0.560. The zero-order chi connectivity index (χ0) is 15.4. The zero-order valence-electron chi connectivity index (χ0n) is 13.0. The van der Waals surface area contributed by atoms with Gasteiger partial charge in [-0.25, -0.2) is 4.98 Å². The van der Waals surface area contributed by atoms with Gasteiger partial charge in [-0.1, -0.05) is 6.07 Å². The van der Waals surface area contributed by atoms with Gasteiger partial charge in [-0.2, -0.15) is 0 Å². The minimum absolute atomic E-state index is 0.0657. The average Bonchev–Trinajstić information content (AvgIpc) is 2.45. The monoisotopic (exact) mass is 283 g/mol. The second-order valence-corrected chi connectivity index (χ2v) is 5.14. The van der Waals surface area contributed by atoms with Crippen LogP contribution in [0.15, 0.2) is 36.5 Å². The number of aryl methyl sites for hydroxylation is 2. The first-order valence-electron chi connectivity index (χ1n) is 7.08. The molecule has 2 aromatic rings. The molecule has 1 amide bonds. The molecule has 1 aromatic heterocycles. The lowest BCUT2D eigenvalue weighted by Gasteiger charge is -2.20. The molecule has 2 rings (SSSR count). The maximum Gasteiger partial charge on any atom is 0.261 e. The van der Waals surface area contributed by atoms with Gasteiger partial charge in [0, 0.05) is 25.5 Å². The number of amides is 1. The number of hydrogen-bond donors (Lipinski definition) is 1. The maximum atomic E-state index is 12.7. The van der Waals surface area contributed by atoms with Crippen LogP contribution in [-0.4, -0.2) is 24.5 Å². The van der Waals surface area contributed by atoms with Crippen LogP contribution in [0.5, 0.6) is 0 Å². The van der Waals surface area contributed by atoms with Gasteiger partial charge in [-0.15, -0.1) is 0 Å². The predicted octanol–water partition coefficient (Wildman–Crippen LogP) is 3.41. The van der Waals surface area contributed by atoms with E-state index in [1.54, 1.807) is 30.3 Å². The molecule has 0 aliphatic rings. The quantitative estimate of drug-likeness (QED) is 0.935. The molecule has 0 saturated heterocycles. The van der Waals surface area contributed by atoms with E-state index >= 15 is 0 Å². The molecule has 0 saturated carbocycles. The Kier molecular flexibility index (Phi) is 4.58. The van der Waals surface area contributed by atoms with Crippen LogP contribution in [0.1, 0.15) is 28.4 Å². The lowest BCUT2D eigenvalue weighted by molar-refractivity contribution is 0.0993. The molecule has 0 spiro atoms. The van der Waals surface area contributed by atoms with E-state index in [1.165, 1.54) is 0 Å². The highest BCUT2D eigenvalue weighted by Crippen LogP contribution is 2.21. The number of rotatable bonds is 4. The zero-order valence-corrected chi connectivity index (χ0v) is 13.0. The van der Waals surface area contributed by atoms with Gasteiger partial charge in [0.2, 0.25) is 0 Å². The van der Waals surface area contributed by atoms with Gasteiger partial charge in [-0.3, -0.25) is 4.79 Å². The standard InChI is InChI=1S/C17H21N3O/c1-5-18-16-15(7-6-8-19-16)17(21)20(4)14-10-12(2)9-13(3)11-14/h6-11H,5H2,1-4H3,(H,18,19). The van der Waals surface area contributed by atoms with Crippen molar-refractivity contribution in [2.45, 2.75) is 20.8 Å². The average molecular weight is 283 g/mol. The van der Waals surface area contributed by atoms with E-state index in [-0.39, 0.29) is 5.91 Å². The van der Waals surface area contributed by atoms with Crippen molar-refractivity contribution in [1.29, 1.82) is 0 Å². The van der Waals surface area contributed by atoms with Gasteiger partial charge < -0.3 is 10.2 Å². The predicted molar refractivity (Wildman–Crippen MR) is 87.1 cm³/mol. The molecule has 21 heavy (non-hydrogen) atoms. The van der Waals surface area contributed by atoms with Crippen LogP contribution in [0.4, 0.5) is 11.5 Å². The fourth-order valence-corrected chi connectivity index (χ4v) is 2.33. The Morgan fingerprint density at radius 3 is 2.52 bits per heavy atom. The van der Waals surface area contributed by atoms with E-state index in [9.17, 15) is 4.79 Å². The Morgan fingerprint density at radius 1 is 1.24 bits per heavy atom. The van der Waals surface area contributed by atoms with Crippen molar-refractivity contribution in [3.8, 4) is 0 Å². The van der Waals surface area contributed by atoms with Crippen LogP contribution in [-0.2, 0) is 0 Å². The second kappa shape index (κ2) is 6.39. The number of pyridine rings is 1. The highest BCUT2D eigenvalue weighted by molar-refractivity contribution is 6.08. The molecule has 110 valence electrons. The first-order valence-corrected chi connectivity index (χ1v) is 7.08. The highest BCUT2D eigenvalue weighted by atomic mass is 16.2. The summed E-state index contributed by atoms with van der Waals surface area (Å²) in [6.07, 6.45) is 1.69. The number of carbonyl (C=O) groups excluding carboxylic acids is 1. The van der Waals surface area contributed by atoms with E-state index in [0.29, 0.717) is 11.4 Å². The molecule has 0 radical (unpaired) electrons. The third kappa shape index (κ3) is 3.40. The molecule has 0 aliphatic heterocycles. The number of aromatic nitrogens is 1. The number of nitrogens with one attached hydrogen (secondary N) is 1. The van der Waals surface area contributed by atoms with Crippen LogP contribution in [0.2, 0.25) is 0 Å². The molecule has 0 atom stereocenters. The third-order valence-electron chi connectivity index (χ3n) is 3.28. The molecule has 1 heterocycles. The fraction of sp³-hybridized carbons (Fsp3) is 0.294. The molecule has 1 N–H and O–H groups in total. The minimum Gasteiger partial charge on any atom is -0.370 e. The molecular weight excluding hydrogens is 262 g/mol. The molecule has 0 fully saturated rings. The summed E-state index contributed by atoms with van der Waals surface area (Å²) in [5, 5.41) is 3.13. The summed E-state index contributed by atoms with van der Waals surface area (Å²) in [4.78, 5) is 18.6. The number of nitrogens with zero attached hydrogens (tertiary/aromatic N) is 2. The SMILES string of the molecule is CCNc1ncccc1C(=O)N(C)c1cc(C)cc(C)c1. The Hall–Kier alpha value is -2.36. The molecule has 0 bridgehead atoms. The van der Waals surface area contributed by atoms with Crippen LogP contribution in [0.3, 0.4) is 0 Å². The first kappa shape index (κ1) is 15.0. The fourth-order valence-electron chi connectivity index (χ4n) is 2.33. The van der Waals surface area contributed by atoms with Crippen molar-refractivity contribution in [2.75, 3.05) is 23.8 Å². The maximum absolute atomic E-state index is 12.7. The molecule has 4 nitrogen and oxygen atoms in total.